The van der Waals surface area contributed by atoms with Gasteiger partial charge in [-0.05, 0) is 43.0 Å². The summed E-state index contributed by atoms with van der Waals surface area (Å²) >= 11 is 1.40. The number of carbonyl (C=O) groups excluding carboxylic acids is 1. The van der Waals surface area contributed by atoms with Gasteiger partial charge in [-0.15, -0.1) is 10.2 Å². The Morgan fingerprint density at radius 1 is 1.14 bits per heavy atom. The van der Waals surface area contributed by atoms with E-state index >= 15 is 0 Å². The van der Waals surface area contributed by atoms with Crippen LogP contribution in [0.4, 0.5) is 5.69 Å². The second-order valence-electron chi connectivity index (χ2n) is 7.16. The van der Waals surface area contributed by atoms with Gasteiger partial charge in [0, 0.05) is 30.2 Å². The number of nitrogens with one attached hydrogen (secondary N) is 1. The Labute approximate surface area is 169 Å². The standard InChI is InChI=1S/C21H25N5OS/c1-14(2)12-26-20(17-9-6-10-22-11-17)24-25-21(26)28-13-18(27)23-19-15(3)7-5-8-16(19)4/h5-11,14H,12-13H2,1-4H3,(H,23,27). The molecule has 0 aliphatic rings. The smallest absolute Gasteiger partial charge is 0.234 e. The zero-order valence-electron chi connectivity index (χ0n) is 16.6. The lowest BCUT2D eigenvalue weighted by Crippen LogP contribution is -2.16. The van der Waals surface area contributed by atoms with Crippen LogP contribution in [0.25, 0.3) is 11.4 Å². The lowest BCUT2D eigenvalue weighted by molar-refractivity contribution is -0.113. The molecular weight excluding hydrogens is 370 g/mol. The summed E-state index contributed by atoms with van der Waals surface area (Å²) in [5.41, 5.74) is 3.91. The fourth-order valence-electron chi connectivity index (χ4n) is 2.95. The maximum Gasteiger partial charge on any atom is 0.234 e. The van der Waals surface area contributed by atoms with Gasteiger partial charge in [0.05, 0.1) is 5.75 Å². The number of nitrogens with zero attached hydrogens (tertiary/aromatic N) is 4. The minimum absolute atomic E-state index is 0.0515. The zero-order valence-corrected chi connectivity index (χ0v) is 17.5. The van der Waals surface area contributed by atoms with Crippen molar-refractivity contribution in [3.63, 3.8) is 0 Å². The summed E-state index contributed by atoms with van der Waals surface area (Å²) in [6.07, 6.45) is 3.52. The molecule has 0 atom stereocenters. The van der Waals surface area contributed by atoms with E-state index in [1.807, 2.05) is 44.2 Å². The normalized spacial score (nSPS) is 11.0. The Bertz CT molecular complexity index is 932. The van der Waals surface area contributed by atoms with Crippen LogP contribution in [0.5, 0.6) is 0 Å². The van der Waals surface area contributed by atoms with Crippen molar-refractivity contribution in [2.75, 3.05) is 11.1 Å². The summed E-state index contributed by atoms with van der Waals surface area (Å²) in [4.78, 5) is 16.7. The summed E-state index contributed by atoms with van der Waals surface area (Å²) in [6, 6.07) is 9.83. The van der Waals surface area contributed by atoms with Crippen molar-refractivity contribution in [2.45, 2.75) is 39.4 Å². The number of aryl methyl sites for hydroxylation is 2. The van der Waals surface area contributed by atoms with E-state index in [1.165, 1.54) is 11.8 Å². The van der Waals surface area contributed by atoms with Crippen molar-refractivity contribution < 1.29 is 4.79 Å². The lowest BCUT2D eigenvalue weighted by Gasteiger charge is -2.13. The minimum Gasteiger partial charge on any atom is -0.325 e. The van der Waals surface area contributed by atoms with Gasteiger partial charge in [-0.25, -0.2) is 0 Å². The molecule has 0 bridgehead atoms. The summed E-state index contributed by atoms with van der Waals surface area (Å²) in [7, 11) is 0. The highest BCUT2D eigenvalue weighted by Gasteiger charge is 2.17. The summed E-state index contributed by atoms with van der Waals surface area (Å²) in [6.45, 7) is 9.06. The summed E-state index contributed by atoms with van der Waals surface area (Å²) < 4.78 is 2.07. The molecule has 0 aliphatic heterocycles. The van der Waals surface area contributed by atoms with Crippen LogP contribution in [0, 0.1) is 19.8 Å². The number of pyridine rings is 1. The number of rotatable bonds is 7. The lowest BCUT2D eigenvalue weighted by atomic mass is 10.1. The van der Waals surface area contributed by atoms with Gasteiger partial charge in [0.2, 0.25) is 5.91 Å². The van der Waals surface area contributed by atoms with Gasteiger partial charge >= 0.3 is 0 Å². The molecular formula is C21H25N5OS. The minimum atomic E-state index is -0.0515. The average Bonchev–Trinajstić information content (AvgIpc) is 3.06. The third kappa shape index (κ3) is 4.78. The van der Waals surface area contributed by atoms with E-state index in [-0.39, 0.29) is 11.7 Å². The summed E-state index contributed by atoms with van der Waals surface area (Å²) in [5.74, 6) is 1.43. The molecule has 3 aromatic rings. The third-order valence-corrected chi connectivity index (χ3v) is 5.23. The average molecular weight is 396 g/mol. The number of amides is 1. The van der Waals surface area contributed by atoms with Crippen LogP contribution in [-0.2, 0) is 11.3 Å². The highest BCUT2D eigenvalue weighted by molar-refractivity contribution is 7.99. The van der Waals surface area contributed by atoms with E-state index < -0.39 is 0 Å². The molecule has 0 aliphatic carbocycles. The molecule has 0 radical (unpaired) electrons. The van der Waals surface area contributed by atoms with Crippen molar-refractivity contribution in [1.29, 1.82) is 0 Å². The predicted molar refractivity (Wildman–Crippen MR) is 113 cm³/mol. The molecule has 2 heterocycles. The zero-order chi connectivity index (χ0) is 20.1. The van der Waals surface area contributed by atoms with Gasteiger partial charge in [-0.1, -0.05) is 43.8 Å². The van der Waals surface area contributed by atoms with E-state index in [2.05, 4.69) is 38.9 Å². The van der Waals surface area contributed by atoms with Crippen LogP contribution in [0.3, 0.4) is 0 Å². The Morgan fingerprint density at radius 2 is 1.89 bits per heavy atom. The monoisotopic (exact) mass is 395 g/mol. The molecule has 1 N–H and O–H groups in total. The number of hydrogen-bond acceptors (Lipinski definition) is 5. The van der Waals surface area contributed by atoms with Gasteiger partial charge in [0.15, 0.2) is 11.0 Å². The quantitative estimate of drug-likeness (QED) is 0.602. The van der Waals surface area contributed by atoms with E-state index in [0.717, 1.165) is 39.9 Å². The van der Waals surface area contributed by atoms with Crippen molar-refractivity contribution in [1.82, 2.24) is 19.7 Å². The molecule has 0 saturated carbocycles. The molecule has 1 aromatic carbocycles. The Hall–Kier alpha value is -2.67. The number of aromatic nitrogens is 4. The molecule has 0 fully saturated rings. The van der Waals surface area contributed by atoms with Gasteiger partial charge in [-0.2, -0.15) is 0 Å². The van der Waals surface area contributed by atoms with Gasteiger partial charge in [0.1, 0.15) is 0 Å². The van der Waals surface area contributed by atoms with Crippen molar-refractivity contribution in [3.8, 4) is 11.4 Å². The van der Waals surface area contributed by atoms with Crippen LogP contribution >= 0.6 is 11.8 Å². The van der Waals surface area contributed by atoms with Crippen LogP contribution in [0.15, 0.2) is 47.9 Å². The first-order chi connectivity index (χ1) is 13.5. The van der Waals surface area contributed by atoms with Crippen LogP contribution in [-0.4, -0.2) is 31.4 Å². The van der Waals surface area contributed by atoms with Crippen molar-refractivity contribution in [2.24, 2.45) is 5.92 Å². The largest absolute Gasteiger partial charge is 0.325 e. The first-order valence-corrected chi connectivity index (χ1v) is 10.3. The number of thioether (sulfide) groups is 1. The Morgan fingerprint density at radius 3 is 2.54 bits per heavy atom. The fraction of sp³-hybridized carbons (Fsp3) is 0.333. The molecule has 6 nitrogen and oxygen atoms in total. The third-order valence-electron chi connectivity index (χ3n) is 4.26. The molecule has 2 aromatic heterocycles. The van der Waals surface area contributed by atoms with Crippen molar-refractivity contribution in [3.05, 3.63) is 53.9 Å². The number of benzene rings is 1. The maximum absolute atomic E-state index is 12.5. The molecule has 0 unspecified atom stereocenters. The number of anilines is 1. The van der Waals surface area contributed by atoms with E-state index in [4.69, 9.17) is 0 Å². The molecule has 28 heavy (non-hydrogen) atoms. The van der Waals surface area contributed by atoms with Crippen LogP contribution in [0.1, 0.15) is 25.0 Å². The number of para-hydroxylation sites is 1. The molecule has 3 rings (SSSR count). The molecule has 0 spiro atoms. The second-order valence-corrected chi connectivity index (χ2v) is 8.10. The highest BCUT2D eigenvalue weighted by atomic mass is 32.2. The number of hydrogen-bond donors (Lipinski definition) is 1. The Balaban J connectivity index is 1.75. The van der Waals surface area contributed by atoms with Crippen LogP contribution < -0.4 is 5.32 Å². The van der Waals surface area contributed by atoms with E-state index in [9.17, 15) is 4.79 Å². The fourth-order valence-corrected chi connectivity index (χ4v) is 3.70. The summed E-state index contributed by atoms with van der Waals surface area (Å²) in [5, 5.41) is 12.4. The van der Waals surface area contributed by atoms with E-state index in [1.54, 1.807) is 12.4 Å². The van der Waals surface area contributed by atoms with Gasteiger partial charge in [-0.3, -0.25) is 9.78 Å². The maximum atomic E-state index is 12.5. The first kappa shape index (κ1) is 20.1. The molecule has 7 heteroatoms. The highest BCUT2D eigenvalue weighted by Crippen LogP contribution is 2.25. The SMILES string of the molecule is Cc1cccc(C)c1NC(=O)CSc1nnc(-c2cccnc2)n1CC(C)C. The molecule has 146 valence electrons. The molecule has 0 saturated heterocycles. The van der Waals surface area contributed by atoms with E-state index in [0.29, 0.717) is 5.92 Å². The Kier molecular flexibility index (Phi) is 6.46. The number of carbonyl (C=O) groups is 1. The van der Waals surface area contributed by atoms with Gasteiger partial charge < -0.3 is 9.88 Å². The van der Waals surface area contributed by atoms with Gasteiger partial charge in [0.25, 0.3) is 0 Å². The first-order valence-electron chi connectivity index (χ1n) is 9.28. The molecule has 1 amide bonds. The topological polar surface area (TPSA) is 72.7 Å². The predicted octanol–water partition coefficient (Wildman–Crippen LogP) is 4.34. The second kappa shape index (κ2) is 9.01. The van der Waals surface area contributed by atoms with Crippen molar-refractivity contribution >= 4 is 23.4 Å². The van der Waals surface area contributed by atoms with Crippen LogP contribution in [0.2, 0.25) is 0 Å².